The van der Waals surface area contributed by atoms with Crippen molar-refractivity contribution in [1.29, 1.82) is 0 Å². The number of amides is 2. The van der Waals surface area contributed by atoms with Crippen molar-refractivity contribution in [2.45, 2.75) is 13.3 Å². The summed E-state index contributed by atoms with van der Waals surface area (Å²) in [6.45, 7) is 1.70. The molecule has 0 aliphatic heterocycles. The monoisotopic (exact) mass is 207 g/mol. The van der Waals surface area contributed by atoms with E-state index in [0.29, 0.717) is 12.2 Å². The van der Waals surface area contributed by atoms with Crippen LogP contribution in [0.25, 0.3) is 0 Å². The van der Waals surface area contributed by atoms with E-state index in [4.69, 9.17) is 0 Å². The molecule has 0 bridgehead atoms. The minimum Gasteiger partial charge on any atom is -0.347 e. The van der Waals surface area contributed by atoms with Gasteiger partial charge in [0, 0.05) is 12.6 Å². The summed E-state index contributed by atoms with van der Waals surface area (Å²) in [5.74, 6) is 0.0509. The van der Waals surface area contributed by atoms with Gasteiger partial charge in [0.1, 0.15) is 5.82 Å². The molecule has 15 heavy (non-hydrogen) atoms. The Kier molecular flexibility index (Phi) is 4.28. The molecular formula is C10H13N3O2. The fourth-order valence-corrected chi connectivity index (χ4v) is 0.928. The van der Waals surface area contributed by atoms with Crippen LogP contribution in [0, 0.1) is 0 Å². The van der Waals surface area contributed by atoms with Gasteiger partial charge in [-0.25, -0.2) is 4.98 Å². The molecule has 0 saturated carbocycles. The number of hydrogen-bond donors (Lipinski definition) is 2. The maximum absolute atomic E-state index is 11.3. The predicted octanol–water partition coefficient (Wildman–Crippen LogP) is 0.546. The lowest BCUT2D eigenvalue weighted by atomic mass is 10.4. The lowest BCUT2D eigenvalue weighted by molar-refractivity contribution is -0.123. The number of nitrogens with one attached hydrogen (secondary N) is 2. The summed E-state index contributed by atoms with van der Waals surface area (Å²) in [5.41, 5.74) is 0. The van der Waals surface area contributed by atoms with Crippen LogP contribution in [0.3, 0.4) is 0 Å². The van der Waals surface area contributed by atoms with Crippen molar-refractivity contribution >= 4 is 17.6 Å². The second kappa shape index (κ2) is 5.74. The SMILES string of the molecule is CCC(=O)NCC(=O)Nc1ccccn1. The molecule has 0 fully saturated rings. The normalized spacial score (nSPS) is 9.40. The van der Waals surface area contributed by atoms with Gasteiger partial charge in [0.25, 0.3) is 0 Å². The highest BCUT2D eigenvalue weighted by Gasteiger charge is 2.03. The average Bonchev–Trinajstić information content (AvgIpc) is 2.27. The number of carbonyl (C=O) groups is 2. The van der Waals surface area contributed by atoms with Crippen LogP contribution in [-0.4, -0.2) is 23.3 Å². The second-order valence-electron chi connectivity index (χ2n) is 2.89. The summed E-state index contributed by atoms with van der Waals surface area (Å²) in [6.07, 6.45) is 1.96. The average molecular weight is 207 g/mol. The first-order valence-electron chi connectivity index (χ1n) is 4.70. The zero-order chi connectivity index (χ0) is 11.1. The number of anilines is 1. The van der Waals surface area contributed by atoms with Crippen molar-refractivity contribution in [2.75, 3.05) is 11.9 Å². The van der Waals surface area contributed by atoms with Crippen LogP contribution < -0.4 is 10.6 Å². The van der Waals surface area contributed by atoms with Gasteiger partial charge in [-0.2, -0.15) is 0 Å². The fourth-order valence-electron chi connectivity index (χ4n) is 0.928. The molecule has 1 aromatic rings. The van der Waals surface area contributed by atoms with Gasteiger partial charge in [-0.1, -0.05) is 13.0 Å². The van der Waals surface area contributed by atoms with Gasteiger partial charge >= 0.3 is 0 Å². The smallest absolute Gasteiger partial charge is 0.244 e. The first-order chi connectivity index (χ1) is 7.22. The van der Waals surface area contributed by atoms with Crippen LogP contribution in [0.1, 0.15) is 13.3 Å². The molecule has 0 unspecified atom stereocenters. The van der Waals surface area contributed by atoms with Gasteiger partial charge in [-0.05, 0) is 12.1 Å². The molecule has 80 valence electrons. The zero-order valence-corrected chi connectivity index (χ0v) is 8.49. The number of hydrogen-bond acceptors (Lipinski definition) is 3. The Hall–Kier alpha value is -1.91. The van der Waals surface area contributed by atoms with E-state index in [1.807, 2.05) is 0 Å². The van der Waals surface area contributed by atoms with Crippen LogP contribution >= 0.6 is 0 Å². The third kappa shape index (κ3) is 4.21. The minimum atomic E-state index is -0.282. The number of nitrogens with zero attached hydrogens (tertiary/aromatic N) is 1. The molecule has 5 heteroatoms. The summed E-state index contributed by atoms with van der Waals surface area (Å²) in [4.78, 5) is 26.1. The van der Waals surface area contributed by atoms with E-state index in [9.17, 15) is 9.59 Å². The van der Waals surface area contributed by atoms with E-state index in [0.717, 1.165) is 0 Å². The van der Waals surface area contributed by atoms with Gasteiger partial charge in [-0.15, -0.1) is 0 Å². The van der Waals surface area contributed by atoms with E-state index in [-0.39, 0.29) is 18.4 Å². The van der Waals surface area contributed by atoms with Crippen LogP contribution in [-0.2, 0) is 9.59 Å². The Labute approximate surface area is 87.9 Å². The van der Waals surface area contributed by atoms with Crippen molar-refractivity contribution in [3.8, 4) is 0 Å². The number of pyridine rings is 1. The molecule has 2 N–H and O–H groups in total. The van der Waals surface area contributed by atoms with Crippen LogP contribution in [0.5, 0.6) is 0 Å². The molecule has 0 aliphatic rings. The van der Waals surface area contributed by atoms with Gasteiger partial charge in [0.15, 0.2) is 0 Å². The Bertz CT molecular complexity index is 338. The number of rotatable bonds is 4. The molecule has 1 rings (SSSR count). The zero-order valence-electron chi connectivity index (χ0n) is 8.49. The molecule has 0 spiro atoms. The Balaban J connectivity index is 2.34. The number of carbonyl (C=O) groups excluding carboxylic acids is 2. The lowest BCUT2D eigenvalue weighted by Gasteiger charge is -2.04. The van der Waals surface area contributed by atoms with E-state index >= 15 is 0 Å². The highest BCUT2D eigenvalue weighted by Crippen LogP contribution is 1.98. The van der Waals surface area contributed by atoms with Gasteiger partial charge in [0.2, 0.25) is 11.8 Å². The fraction of sp³-hybridized carbons (Fsp3) is 0.300. The molecule has 1 aromatic heterocycles. The largest absolute Gasteiger partial charge is 0.347 e. The summed E-state index contributed by atoms with van der Waals surface area (Å²) >= 11 is 0. The topological polar surface area (TPSA) is 71.1 Å². The maximum atomic E-state index is 11.3. The Morgan fingerprint density at radius 3 is 2.73 bits per heavy atom. The molecule has 0 atom stereocenters. The third-order valence-electron chi connectivity index (χ3n) is 1.70. The van der Waals surface area contributed by atoms with Crippen molar-refractivity contribution in [3.63, 3.8) is 0 Å². The summed E-state index contributed by atoms with van der Waals surface area (Å²) in [7, 11) is 0. The van der Waals surface area contributed by atoms with Crippen LogP contribution in [0.4, 0.5) is 5.82 Å². The predicted molar refractivity (Wildman–Crippen MR) is 56.2 cm³/mol. The van der Waals surface area contributed by atoms with Gasteiger partial charge in [0.05, 0.1) is 6.54 Å². The molecule has 0 aromatic carbocycles. The standard InChI is InChI=1S/C10H13N3O2/c1-2-9(14)12-7-10(15)13-8-5-3-4-6-11-8/h3-6H,2,7H2,1H3,(H,12,14)(H,11,13,15). The van der Waals surface area contributed by atoms with Crippen LogP contribution in [0.15, 0.2) is 24.4 Å². The summed E-state index contributed by atoms with van der Waals surface area (Å²) in [6, 6.07) is 5.21. The molecule has 2 amide bonds. The summed E-state index contributed by atoms with van der Waals surface area (Å²) < 4.78 is 0. The maximum Gasteiger partial charge on any atom is 0.244 e. The van der Waals surface area contributed by atoms with Gasteiger partial charge < -0.3 is 10.6 Å². The first-order valence-corrected chi connectivity index (χ1v) is 4.70. The van der Waals surface area contributed by atoms with Crippen molar-refractivity contribution in [1.82, 2.24) is 10.3 Å². The molecule has 0 radical (unpaired) electrons. The minimum absolute atomic E-state index is 0.0246. The van der Waals surface area contributed by atoms with Crippen LogP contribution in [0.2, 0.25) is 0 Å². The van der Waals surface area contributed by atoms with Crippen molar-refractivity contribution in [2.24, 2.45) is 0 Å². The van der Waals surface area contributed by atoms with E-state index in [1.165, 1.54) is 0 Å². The molecule has 0 aliphatic carbocycles. The Morgan fingerprint density at radius 1 is 1.33 bits per heavy atom. The highest BCUT2D eigenvalue weighted by molar-refractivity contribution is 5.93. The third-order valence-corrected chi connectivity index (χ3v) is 1.70. The molecule has 1 heterocycles. The second-order valence-corrected chi connectivity index (χ2v) is 2.89. The van der Waals surface area contributed by atoms with E-state index < -0.39 is 0 Å². The van der Waals surface area contributed by atoms with Crippen molar-refractivity contribution in [3.05, 3.63) is 24.4 Å². The highest BCUT2D eigenvalue weighted by atomic mass is 16.2. The summed E-state index contributed by atoms with van der Waals surface area (Å²) in [5, 5.41) is 5.03. The molecule has 5 nitrogen and oxygen atoms in total. The molecular weight excluding hydrogens is 194 g/mol. The van der Waals surface area contributed by atoms with Gasteiger partial charge in [-0.3, -0.25) is 9.59 Å². The quantitative estimate of drug-likeness (QED) is 0.757. The lowest BCUT2D eigenvalue weighted by Crippen LogP contribution is -2.32. The molecule has 0 saturated heterocycles. The van der Waals surface area contributed by atoms with E-state index in [2.05, 4.69) is 15.6 Å². The van der Waals surface area contributed by atoms with E-state index in [1.54, 1.807) is 31.3 Å². The first kappa shape index (κ1) is 11.2. The number of aromatic nitrogens is 1. The Morgan fingerprint density at radius 2 is 2.13 bits per heavy atom. The van der Waals surface area contributed by atoms with Crippen molar-refractivity contribution < 1.29 is 9.59 Å².